The monoisotopic (exact) mass is 492 g/mol. The fraction of sp³-hybridized carbons (Fsp3) is 0.857. The van der Waals surface area contributed by atoms with Crippen LogP contribution in [0.1, 0.15) is 46.0 Å². The predicted molar refractivity (Wildman–Crippen MR) is 119 cm³/mol. The van der Waals surface area contributed by atoms with Crippen LogP contribution in [0.5, 0.6) is 0 Å². The zero-order valence-electron chi connectivity index (χ0n) is 19.2. The van der Waals surface area contributed by atoms with E-state index in [1.807, 2.05) is 6.92 Å². The Kier molecular flexibility index (Phi) is 10.4. The third-order valence-electron chi connectivity index (χ3n) is 6.28. The molecule has 0 saturated carbocycles. The minimum absolute atomic E-state index is 0.0823. The van der Waals surface area contributed by atoms with Crippen molar-refractivity contribution >= 4 is 29.5 Å². The van der Waals surface area contributed by atoms with E-state index in [2.05, 4.69) is 5.32 Å². The molecule has 2 fully saturated rings. The van der Waals surface area contributed by atoms with Crippen molar-refractivity contribution in [2.24, 2.45) is 5.92 Å². The standard InChI is InChI=1S/C21H36N2O9S/c1-4-5-11-8-12(23(9-11)13(25)6-7-14(26)27)20(31)22-15(10(2)24)19-17(29)16(28)18(30)21(32-19)33-3/h10-12,15-19,21,24,28-30H,4-9H2,1-3H3,(H,22,31)(H,26,27)/t10-,11-,12+,15-,16+,17-,18-,19-,21-/m1/s1. The molecule has 190 valence electrons. The molecule has 12 heteroatoms. The molecule has 2 saturated heterocycles. The number of carbonyl (C=O) groups is 3. The van der Waals surface area contributed by atoms with Gasteiger partial charge in [0.15, 0.2) is 0 Å². The zero-order valence-corrected chi connectivity index (χ0v) is 20.0. The van der Waals surface area contributed by atoms with Crippen molar-refractivity contribution < 1.29 is 44.7 Å². The summed E-state index contributed by atoms with van der Waals surface area (Å²) in [6, 6.07) is -1.97. The van der Waals surface area contributed by atoms with Crippen LogP contribution in [0.15, 0.2) is 0 Å². The molecule has 0 aromatic rings. The summed E-state index contributed by atoms with van der Waals surface area (Å²) in [7, 11) is 0. The van der Waals surface area contributed by atoms with Crippen LogP contribution >= 0.6 is 11.8 Å². The lowest BCUT2D eigenvalue weighted by Crippen LogP contribution is -2.65. The number of nitrogens with one attached hydrogen (secondary N) is 1. The average Bonchev–Trinajstić information content (AvgIpc) is 3.19. The topological polar surface area (TPSA) is 177 Å². The number of aliphatic carboxylic acids is 1. The number of aliphatic hydroxyl groups excluding tert-OH is 4. The highest BCUT2D eigenvalue weighted by Crippen LogP contribution is 2.31. The molecule has 0 aromatic carbocycles. The molecule has 2 rings (SSSR count). The molecule has 0 aromatic heterocycles. The van der Waals surface area contributed by atoms with E-state index in [-0.39, 0.29) is 18.8 Å². The smallest absolute Gasteiger partial charge is 0.303 e. The first-order valence-electron chi connectivity index (χ1n) is 11.2. The number of amides is 2. The molecule has 0 bridgehead atoms. The second-order valence-corrected chi connectivity index (χ2v) is 9.73. The Labute approximate surface area is 197 Å². The van der Waals surface area contributed by atoms with Crippen LogP contribution in [0.3, 0.4) is 0 Å². The molecule has 0 aliphatic carbocycles. The number of hydrogen-bond acceptors (Lipinski definition) is 9. The highest BCUT2D eigenvalue weighted by molar-refractivity contribution is 7.99. The lowest BCUT2D eigenvalue weighted by molar-refractivity contribution is -0.211. The Hall–Kier alpha value is -1.44. The van der Waals surface area contributed by atoms with Crippen LogP contribution in [0, 0.1) is 5.92 Å². The number of nitrogens with zero attached hydrogens (tertiary/aromatic N) is 1. The number of likely N-dealkylation sites (tertiary alicyclic amines) is 1. The Morgan fingerprint density at radius 1 is 1.15 bits per heavy atom. The molecular weight excluding hydrogens is 456 g/mol. The summed E-state index contributed by atoms with van der Waals surface area (Å²) >= 11 is 1.12. The predicted octanol–water partition coefficient (Wildman–Crippen LogP) is -1.10. The van der Waals surface area contributed by atoms with Gasteiger partial charge in [-0.2, -0.15) is 0 Å². The van der Waals surface area contributed by atoms with Gasteiger partial charge in [-0.25, -0.2) is 0 Å². The summed E-state index contributed by atoms with van der Waals surface area (Å²) < 4.78 is 5.70. The molecule has 0 unspecified atom stereocenters. The third kappa shape index (κ3) is 6.80. The van der Waals surface area contributed by atoms with Crippen molar-refractivity contribution in [2.45, 2.75) is 94.0 Å². The summed E-state index contributed by atoms with van der Waals surface area (Å²) in [5.41, 5.74) is -0.874. The Bertz CT molecular complexity index is 693. The molecule has 0 spiro atoms. The first kappa shape index (κ1) is 27.8. The van der Waals surface area contributed by atoms with Gasteiger partial charge in [-0.05, 0) is 31.9 Å². The zero-order chi connectivity index (χ0) is 24.9. The fourth-order valence-electron chi connectivity index (χ4n) is 4.52. The van der Waals surface area contributed by atoms with Crippen LogP contribution in [0.2, 0.25) is 0 Å². The van der Waals surface area contributed by atoms with Gasteiger partial charge >= 0.3 is 5.97 Å². The van der Waals surface area contributed by atoms with Crippen LogP contribution in [0.4, 0.5) is 0 Å². The lowest BCUT2D eigenvalue weighted by Gasteiger charge is -2.44. The van der Waals surface area contributed by atoms with E-state index in [4.69, 9.17) is 9.84 Å². The number of carboxylic acid groups (broad SMARTS) is 1. The van der Waals surface area contributed by atoms with Crippen molar-refractivity contribution in [3.63, 3.8) is 0 Å². The Morgan fingerprint density at radius 3 is 2.36 bits per heavy atom. The number of aliphatic hydroxyl groups is 4. The van der Waals surface area contributed by atoms with Crippen LogP contribution in [-0.4, -0.2) is 109 Å². The van der Waals surface area contributed by atoms with Gasteiger partial charge in [0.25, 0.3) is 0 Å². The van der Waals surface area contributed by atoms with E-state index in [9.17, 15) is 34.8 Å². The van der Waals surface area contributed by atoms with E-state index in [0.717, 1.165) is 24.6 Å². The van der Waals surface area contributed by atoms with Gasteiger partial charge in [-0.15, -0.1) is 11.8 Å². The maximum absolute atomic E-state index is 13.2. The fourth-order valence-corrected chi connectivity index (χ4v) is 5.20. The average molecular weight is 493 g/mol. The maximum Gasteiger partial charge on any atom is 0.303 e. The molecule has 6 N–H and O–H groups in total. The van der Waals surface area contributed by atoms with Gasteiger partial charge in [0.1, 0.15) is 35.9 Å². The van der Waals surface area contributed by atoms with E-state index in [1.165, 1.54) is 11.8 Å². The Balaban J connectivity index is 2.19. The van der Waals surface area contributed by atoms with Crippen LogP contribution in [-0.2, 0) is 19.1 Å². The second kappa shape index (κ2) is 12.3. The van der Waals surface area contributed by atoms with Gasteiger partial charge in [0, 0.05) is 13.0 Å². The molecule has 2 aliphatic heterocycles. The van der Waals surface area contributed by atoms with Gasteiger partial charge in [-0.3, -0.25) is 14.4 Å². The van der Waals surface area contributed by atoms with E-state index in [1.54, 1.807) is 6.26 Å². The quantitative estimate of drug-likeness (QED) is 0.219. The van der Waals surface area contributed by atoms with Crippen molar-refractivity contribution in [3.05, 3.63) is 0 Å². The number of thioether (sulfide) groups is 1. The van der Waals surface area contributed by atoms with Gasteiger partial charge in [-0.1, -0.05) is 13.3 Å². The van der Waals surface area contributed by atoms with Crippen molar-refractivity contribution in [1.29, 1.82) is 0 Å². The van der Waals surface area contributed by atoms with Gasteiger partial charge in [0.2, 0.25) is 11.8 Å². The maximum atomic E-state index is 13.2. The molecular formula is C21H36N2O9S. The summed E-state index contributed by atoms with van der Waals surface area (Å²) in [5, 5.41) is 52.7. The molecule has 2 amide bonds. The SMILES string of the molecule is CCC[C@@H]1C[C@@H](C(=O)N[C@@H]([C@H]2O[C@H](SC)[C@H](O)[C@@H](O)[C@H]2O)[C@@H](C)O)N(C(=O)CCC(=O)O)C1. The van der Waals surface area contributed by atoms with Crippen LogP contribution in [0.25, 0.3) is 0 Å². The van der Waals surface area contributed by atoms with Crippen molar-refractivity contribution in [3.8, 4) is 0 Å². The number of carbonyl (C=O) groups excluding carboxylic acids is 2. The summed E-state index contributed by atoms with van der Waals surface area (Å²) in [5.74, 6) is -2.01. The number of rotatable bonds is 10. The number of ether oxygens (including phenoxy) is 1. The molecule has 2 aliphatic rings. The first-order valence-corrected chi connectivity index (χ1v) is 12.5. The highest BCUT2D eigenvalue weighted by Gasteiger charge is 2.49. The molecule has 9 atom stereocenters. The molecule has 0 radical (unpaired) electrons. The van der Waals surface area contributed by atoms with E-state index in [0.29, 0.717) is 13.0 Å². The largest absolute Gasteiger partial charge is 0.481 e. The first-order chi connectivity index (χ1) is 15.5. The minimum Gasteiger partial charge on any atom is -0.481 e. The summed E-state index contributed by atoms with van der Waals surface area (Å²) in [6.07, 6.45) is -3.66. The number of hydrogen-bond donors (Lipinski definition) is 6. The molecule has 11 nitrogen and oxygen atoms in total. The van der Waals surface area contributed by atoms with Crippen molar-refractivity contribution in [2.75, 3.05) is 12.8 Å². The van der Waals surface area contributed by atoms with E-state index < -0.39 is 65.8 Å². The summed E-state index contributed by atoms with van der Waals surface area (Å²) in [6.45, 7) is 3.74. The summed E-state index contributed by atoms with van der Waals surface area (Å²) in [4.78, 5) is 38.1. The third-order valence-corrected chi connectivity index (χ3v) is 7.14. The van der Waals surface area contributed by atoms with Crippen LogP contribution < -0.4 is 5.32 Å². The normalized spacial score (nSPS) is 34.0. The number of carboxylic acids is 1. The molecule has 33 heavy (non-hydrogen) atoms. The van der Waals surface area contributed by atoms with Gasteiger partial charge in [0.05, 0.1) is 18.6 Å². The molecule has 2 heterocycles. The Morgan fingerprint density at radius 2 is 1.82 bits per heavy atom. The van der Waals surface area contributed by atoms with Crippen molar-refractivity contribution in [1.82, 2.24) is 10.2 Å². The van der Waals surface area contributed by atoms with Gasteiger partial charge < -0.3 is 40.5 Å². The lowest BCUT2D eigenvalue weighted by atomic mass is 9.92. The van der Waals surface area contributed by atoms with E-state index >= 15 is 0 Å². The highest BCUT2D eigenvalue weighted by atomic mass is 32.2. The second-order valence-electron chi connectivity index (χ2n) is 8.80. The minimum atomic E-state index is -1.56.